The highest BCUT2D eigenvalue weighted by atomic mass is 79.9. The van der Waals surface area contributed by atoms with Crippen molar-refractivity contribution in [3.05, 3.63) is 10.1 Å². The van der Waals surface area contributed by atoms with Gasteiger partial charge in [-0.1, -0.05) is 15.9 Å². The molecule has 0 aliphatic carbocycles. The number of fused-ring (bicyclic) bond motifs is 2. The molecule has 1 fully saturated rings. The number of hydrogen-bond acceptors (Lipinski definition) is 4. The monoisotopic (exact) mass is 248 g/mol. The quantitative estimate of drug-likeness (QED) is 0.681. The molecule has 4 nitrogen and oxygen atoms in total. The zero-order valence-electron chi connectivity index (χ0n) is 6.99. The second-order valence-electron chi connectivity index (χ2n) is 3.10. The summed E-state index contributed by atoms with van der Waals surface area (Å²) in [5, 5.41) is 9.46. The van der Waals surface area contributed by atoms with Crippen molar-refractivity contribution in [2.24, 2.45) is 0 Å². The lowest BCUT2D eigenvalue weighted by Gasteiger charge is -2.15. The molecular weight excluding hydrogens is 240 g/mol. The lowest BCUT2D eigenvalue weighted by molar-refractivity contribution is -0.137. The third-order valence-corrected chi connectivity index (χ3v) is 3.28. The molecule has 0 amide bonds. The van der Waals surface area contributed by atoms with E-state index in [9.17, 15) is 9.90 Å². The molecule has 5 heteroatoms. The molecule has 13 heavy (non-hydrogen) atoms. The van der Waals surface area contributed by atoms with Crippen molar-refractivity contribution in [2.75, 3.05) is 7.11 Å². The van der Waals surface area contributed by atoms with Crippen LogP contribution in [0, 0.1) is 0 Å². The minimum atomic E-state index is -0.583. The summed E-state index contributed by atoms with van der Waals surface area (Å²) >= 11 is 3.27. The van der Waals surface area contributed by atoms with Gasteiger partial charge in [0.25, 0.3) is 0 Å². The predicted molar refractivity (Wildman–Crippen MR) is 47.3 cm³/mol. The first-order valence-electron chi connectivity index (χ1n) is 3.96. The number of halogens is 1. The normalized spacial score (nSPS) is 37.0. The standard InChI is InChI=1S/C8H9BrO4/c1-12-8(11)5-6(9)4-2-3(10)7(5)13-4/h3-4,7,10H,2H2,1H3/t3-,4-,7+/m0/s1. The van der Waals surface area contributed by atoms with Crippen LogP contribution in [-0.4, -0.2) is 36.5 Å². The van der Waals surface area contributed by atoms with E-state index < -0.39 is 18.2 Å². The highest BCUT2D eigenvalue weighted by Gasteiger charge is 2.48. The first-order valence-corrected chi connectivity index (χ1v) is 4.76. The summed E-state index contributed by atoms with van der Waals surface area (Å²) in [4.78, 5) is 11.3. The van der Waals surface area contributed by atoms with Gasteiger partial charge in [-0.15, -0.1) is 0 Å². The zero-order valence-corrected chi connectivity index (χ0v) is 8.58. The molecule has 0 aromatic carbocycles. The van der Waals surface area contributed by atoms with E-state index in [1.165, 1.54) is 7.11 Å². The molecule has 1 N–H and O–H groups in total. The summed E-state index contributed by atoms with van der Waals surface area (Å²) in [6.07, 6.45) is -0.715. The van der Waals surface area contributed by atoms with E-state index >= 15 is 0 Å². The van der Waals surface area contributed by atoms with Gasteiger partial charge in [-0.3, -0.25) is 0 Å². The number of hydrogen-bond donors (Lipinski definition) is 1. The van der Waals surface area contributed by atoms with Crippen molar-refractivity contribution in [1.82, 2.24) is 0 Å². The first kappa shape index (κ1) is 9.18. The van der Waals surface area contributed by atoms with Crippen molar-refractivity contribution in [3.63, 3.8) is 0 Å². The molecule has 0 unspecified atom stereocenters. The van der Waals surface area contributed by atoms with Crippen molar-refractivity contribution in [2.45, 2.75) is 24.7 Å². The summed E-state index contributed by atoms with van der Waals surface area (Å²) in [5.41, 5.74) is 0.422. The van der Waals surface area contributed by atoms with Gasteiger partial charge in [0.15, 0.2) is 0 Å². The SMILES string of the molecule is COC(=O)C1=C(Br)[C@@H]2C[C@H](O)[C@H]1O2. The number of carbonyl (C=O) groups is 1. The smallest absolute Gasteiger partial charge is 0.337 e. The van der Waals surface area contributed by atoms with Gasteiger partial charge in [0.2, 0.25) is 0 Å². The highest BCUT2D eigenvalue weighted by Crippen LogP contribution is 2.42. The van der Waals surface area contributed by atoms with E-state index in [0.717, 1.165) is 4.48 Å². The molecule has 2 aliphatic heterocycles. The lowest BCUT2D eigenvalue weighted by Crippen LogP contribution is -2.28. The van der Waals surface area contributed by atoms with E-state index in [2.05, 4.69) is 20.7 Å². The molecule has 3 atom stereocenters. The summed E-state index contributed by atoms with van der Waals surface area (Å²) < 4.78 is 10.7. The number of ether oxygens (including phenoxy) is 2. The molecule has 2 rings (SSSR count). The second-order valence-corrected chi connectivity index (χ2v) is 3.96. The van der Waals surface area contributed by atoms with Crippen LogP contribution in [0.5, 0.6) is 0 Å². The molecule has 0 saturated carbocycles. The Morgan fingerprint density at radius 2 is 2.46 bits per heavy atom. The van der Waals surface area contributed by atoms with Crippen LogP contribution in [0.15, 0.2) is 10.1 Å². The third kappa shape index (κ3) is 1.22. The maximum atomic E-state index is 11.3. The molecule has 0 aromatic heterocycles. The minimum absolute atomic E-state index is 0.172. The van der Waals surface area contributed by atoms with Crippen LogP contribution in [0.4, 0.5) is 0 Å². The van der Waals surface area contributed by atoms with Crippen molar-refractivity contribution in [3.8, 4) is 0 Å². The molecule has 1 saturated heterocycles. The van der Waals surface area contributed by atoms with Gasteiger partial charge in [-0.05, 0) is 0 Å². The van der Waals surface area contributed by atoms with Crippen LogP contribution >= 0.6 is 15.9 Å². The number of aliphatic hydroxyl groups is 1. The molecule has 2 bridgehead atoms. The molecule has 72 valence electrons. The third-order valence-electron chi connectivity index (χ3n) is 2.35. The topological polar surface area (TPSA) is 55.8 Å². The average molecular weight is 249 g/mol. The Labute approximate surface area is 83.6 Å². The largest absolute Gasteiger partial charge is 0.466 e. The molecule has 0 aromatic rings. The Hall–Kier alpha value is -0.390. The van der Waals surface area contributed by atoms with Crippen LogP contribution in [0.25, 0.3) is 0 Å². The molecule has 2 heterocycles. The Morgan fingerprint density at radius 1 is 1.77 bits per heavy atom. The molecule has 0 spiro atoms. The van der Waals surface area contributed by atoms with Gasteiger partial charge in [-0.25, -0.2) is 4.79 Å². The number of aliphatic hydroxyl groups excluding tert-OH is 1. The van der Waals surface area contributed by atoms with E-state index in [1.807, 2.05) is 0 Å². The van der Waals surface area contributed by atoms with Crippen molar-refractivity contribution < 1.29 is 19.4 Å². The van der Waals surface area contributed by atoms with Crippen LogP contribution in [0.3, 0.4) is 0 Å². The van der Waals surface area contributed by atoms with E-state index in [0.29, 0.717) is 12.0 Å². The van der Waals surface area contributed by atoms with Crippen LogP contribution in [0.1, 0.15) is 6.42 Å². The fraction of sp³-hybridized carbons (Fsp3) is 0.625. The number of rotatable bonds is 1. The van der Waals surface area contributed by atoms with E-state index in [1.54, 1.807) is 0 Å². The Bertz CT molecular complexity index is 286. The van der Waals surface area contributed by atoms with Gasteiger partial charge in [0.1, 0.15) is 6.10 Å². The highest BCUT2D eigenvalue weighted by molar-refractivity contribution is 9.11. The number of esters is 1. The van der Waals surface area contributed by atoms with Crippen LogP contribution in [0.2, 0.25) is 0 Å². The molecular formula is C8H9BrO4. The van der Waals surface area contributed by atoms with E-state index in [-0.39, 0.29) is 6.10 Å². The summed E-state index contributed by atoms with van der Waals surface area (Å²) in [6, 6.07) is 0. The fourth-order valence-corrected chi connectivity index (χ4v) is 2.41. The van der Waals surface area contributed by atoms with Crippen molar-refractivity contribution in [1.29, 1.82) is 0 Å². The first-order chi connectivity index (χ1) is 6.15. The summed E-state index contributed by atoms with van der Waals surface area (Å²) in [7, 11) is 1.31. The lowest BCUT2D eigenvalue weighted by atomic mass is 9.97. The maximum Gasteiger partial charge on any atom is 0.337 e. The number of carbonyl (C=O) groups excluding carboxylic acids is 1. The summed E-state index contributed by atoms with van der Waals surface area (Å²) in [5.74, 6) is -0.432. The van der Waals surface area contributed by atoms with E-state index in [4.69, 9.17) is 4.74 Å². The average Bonchev–Trinajstić information content (AvgIpc) is 2.60. The van der Waals surface area contributed by atoms with Crippen LogP contribution < -0.4 is 0 Å². The van der Waals surface area contributed by atoms with Gasteiger partial charge < -0.3 is 14.6 Å². The fourth-order valence-electron chi connectivity index (χ4n) is 1.72. The zero-order chi connectivity index (χ0) is 9.59. The number of methoxy groups -OCH3 is 1. The van der Waals surface area contributed by atoms with Gasteiger partial charge in [0.05, 0.1) is 24.9 Å². The Balaban J connectivity index is 2.32. The van der Waals surface area contributed by atoms with Gasteiger partial charge in [0, 0.05) is 10.9 Å². The van der Waals surface area contributed by atoms with Gasteiger partial charge in [-0.2, -0.15) is 0 Å². The molecule has 2 aliphatic rings. The maximum absolute atomic E-state index is 11.3. The van der Waals surface area contributed by atoms with Gasteiger partial charge >= 0.3 is 5.97 Å². The van der Waals surface area contributed by atoms with Crippen molar-refractivity contribution >= 4 is 21.9 Å². The predicted octanol–water partition coefficient (Wildman–Crippen LogP) is 0.340. The molecule has 0 radical (unpaired) electrons. The van der Waals surface area contributed by atoms with Crippen LogP contribution in [-0.2, 0) is 14.3 Å². The summed E-state index contributed by atoms with van der Waals surface area (Å²) in [6.45, 7) is 0. The Morgan fingerprint density at radius 3 is 3.00 bits per heavy atom. The minimum Gasteiger partial charge on any atom is -0.466 e. The second kappa shape index (κ2) is 3.08. The Kier molecular flexibility index (Phi) is 2.17.